The Balaban J connectivity index is 2.09. The van der Waals surface area contributed by atoms with E-state index in [1.165, 1.54) is 12.1 Å². The van der Waals surface area contributed by atoms with Crippen molar-refractivity contribution in [1.82, 2.24) is 0 Å². The fraction of sp³-hybridized carbons (Fsp3) is 0.133. The average molecular weight is 244 g/mol. The summed E-state index contributed by atoms with van der Waals surface area (Å²) in [5.74, 6) is -0.721. The van der Waals surface area contributed by atoms with Crippen molar-refractivity contribution in [2.45, 2.75) is 12.5 Å². The van der Waals surface area contributed by atoms with E-state index in [0.29, 0.717) is 11.1 Å². The Morgan fingerprint density at radius 3 is 2.50 bits per heavy atom. The molecule has 0 saturated heterocycles. The molecule has 2 aromatic carbocycles. The van der Waals surface area contributed by atoms with Gasteiger partial charge in [-0.3, -0.25) is 4.79 Å². The quantitative estimate of drug-likeness (QED) is 0.897. The highest BCUT2D eigenvalue weighted by Gasteiger charge is 2.17. The summed E-state index contributed by atoms with van der Waals surface area (Å²) in [6.07, 6.45) is -1.14. The molecule has 0 heterocycles. The molecule has 0 aliphatic carbocycles. The van der Waals surface area contributed by atoms with Crippen LogP contribution in [0.5, 0.6) is 0 Å². The fourth-order valence-corrected chi connectivity index (χ4v) is 1.77. The van der Waals surface area contributed by atoms with Crippen LogP contribution in [-0.4, -0.2) is 10.9 Å². The van der Waals surface area contributed by atoms with Gasteiger partial charge in [0.15, 0.2) is 5.78 Å². The summed E-state index contributed by atoms with van der Waals surface area (Å²) in [5.41, 5.74) is 1.12. The van der Waals surface area contributed by atoms with Crippen LogP contribution in [-0.2, 0) is 11.2 Å². The molecule has 0 spiro atoms. The number of aliphatic hydroxyl groups is 1. The maximum Gasteiger partial charge on any atom is 0.170 e. The Morgan fingerprint density at radius 1 is 1.11 bits per heavy atom. The van der Waals surface area contributed by atoms with E-state index in [-0.39, 0.29) is 18.0 Å². The minimum Gasteiger partial charge on any atom is -0.381 e. The number of benzene rings is 2. The first-order chi connectivity index (χ1) is 8.66. The largest absolute Gasteiger partial charge is 0.381 e. The van der Waals surface area contributed by atoms with Gasteiger partial charge in [0.1, 0.15) is 11.9 Å². The molecule has 3 heteroatoms. The van der Waals surface area contributed by atoms with Crippen LogP contribution in [0.4, 0.5) is 4.39 Å². The van der Waals surface area contributed by atoms with Gasteiger partial charge in [0.05, 0.1) is 0 Å². The topological polar surface area (TPSA) is 37.3 Å². The average Bonchev–Trinajstić information content (AvgIpc) is 2.39. The van der Waals surface area contributed by atoms with Crippen molar-refractivity contribution >= 4 is 5.78 Å². The van der Waals surface area contributed by atoms with Gasteiger partial charge in [-0.05, 0) is 23.3 Å². The lowest BCUT2D eigenvalue weighted by atomic mass is 10.00. The molecule has 1 N–H and O–H groups in total. The van der Waals surface area contributed by atoms with Crippen LogP contribution >= 0.6 is 0 Å². The van der Waals surface area contributed by atoms with Gasteiger partial charge in [-0.1, -0.05) is 42.5 Å². The molecule has 0 radical (unpaired) electrons. The van der Waals surface area contributed by atoms with Crippen LogP contribution in [0.2, 0.25) is 0 Å². The second kappa shape index (κ2) is 5.56. The molecular weight excluding hydrogens is 231 g/mol. The number of hydrogen-bond donors (Lipinski definition) is 1. The highest BCUT2D eigenvalue weighted by molar-refractivity contribution is 5.86. The van der Waals surface area contributed by atoms with Crippen molar-refractivity contribution < 1.29 is 14.3 Å². The van der Waals surface area contributed by atoms with Gasteiger partial charge in [-0.15, -0.1) is 0 Å². The van der Waals surface area contributed by atoms with Crippen molar-refractivity contribution in [1.29, 1.82) is 0 Å². The molecule has 1 atom stereocenters. The van der Waals surface area contributed by atoms with Gasteiger partial charge in [0.25, 0.3) is 0 Å². The molecule has 0 amide bonds. The Bertz CT molecular complexity index is 537. The Morgan fingerprint density at radius 2 is 1.83 bits per heavy atom. The molecule has 1 unspecified atom stereocenters. The second-order valence-electron chi connectivity index (χ2n) is 4.09. The van der Waals surface area contributed by atoms with E-state index >= 15 is 0 Å². The van der Waals surface area contributed by atoms with E-state index in [0.717, 1.165) is 0 Å². The van der Waals surface area contributed by atoms with Crippen molar-refractivity contribution in [3.63, 3.8) is 0 Å². The number of carbonyl (C=O) groups is 1. The number of halogens is 1. The molecule has 2 nitrogen and oxygen atoms in total. The maximum absolute atomic E-state index is 13.0. The second-order valence-corrected chi connectivity index (χ2v) is 4.09. The SMILES string of the molecule is O=C(Cc1cccc(F)c1)C(O)c1ccccc1. The number of ketones is 1. The smallest absolute Gasteiger partial charge is 0.170 e. The first kappa shape index (κ1) is 12.5. The Kier molecular flexibility index (Phi) is 3.85. The molecule has 0 aromatic heterocycles. The normalized spacial score (nSPS) is 12.1. The summed E-state index contributed by atoms with van der Waals surface area (Å²) in [5, 5.41) is 9.88. The van der Waals surface area contributed by atoms with Crippen LogP contribution in [0, 0.1) is 5.82 Å². The van der Waals surface area contributed by atoms with Gasteiger partial charge in [0.2, 0.25) is 0 Å². The van der Waals surface area contributed by atoms with Crippen LogP contribution in [0.1, 0.15) is 17.2 Å². The predicted octanol–water partition coefficient (Wildman–Crippen LogP) is 2.67. The zero-order valence-corrected chi connectivity index (χ0v) is 9.71. The van der Waals surface area contributed by atoms with Crippen molar-refractivity contribution in [2.75, 3.05) is 0 Å². The van der Waals surface area contributed by atoms with Gasteiger partial charge in [-0.2, -0.15) is 0 Å². The van der Waals surface area contributed by atoms with Crippen molar-refractivity contribution in [3.8, 4) is 0 Å². The lowest BCUT2D eigenvalue weighted by molar-refractivity contribution is -0.126. The standard InChI is InChI=1S/C15H13FO2/c16-13-8-4-5-11(9-13)10-14(17)15(18)12-6-2-1-3-7-12/h1-9,15,18H,10H2. The molecular formula is C15H13FO2. The summed E-state index contributed by atoms with van der Waals surface area (Å²) in [7, 11) is 0. The molecule has 0 fully saturated rings. The summed E-state index contributed by atoms with van der Waals surface area (Å²) in [4.78, 5) is 11.9. The zero-order chi connectivity index (χ0) is 13.0. The minimum atomic E-state index is -1.16. The minimum absolute atomic E-state index is 0.0216. The van der Waals surface area contributed by atoms with Crippen LogP contribution in [0.3, 0.4) is 0 Å². The molecule has 0 saturated carbocycles. The van der Waals surface area contributed by atoms with E-state index in [1.54, 1.807) is 36.4 Å². The van der Waals surface area contributed by atoms with Gasteiger partial charge >= 0.3 is 0 Å². The third-order valence-corrected chi connectivity index (χ3v) is 2.69. The van der Waals surface area contributed by atoms with Gasteiger partial charge in [-0.25, -0.2) is 4.39 Å². The lowest BCUT2D eigenvalue weighted by Crippen LogP contribution is -2.14. The van der Waals surface area contributed by atoms with Crippen molar-refractivity contribution in [3.05, 3.63) is 71.5 Å². The predicted molar refractivity (Wildman–Crippen MR) is 66.5 cm³/mol. The first-order valence-corrected chi connectivity index (χ1v) is 5.67. The number of aliphatic hydroxyl groups excluding tert-OH is 1. The number of carbonyl (C=O) groups excluding carboxylic acids is 1. The third-order valence-electron chi connectivity index (χ3n) is 2.69. The Labute approximate surface area is 105 Å². The molecule has 2 aromatic rings. The van der Waals surface area contributed by atoms with Crippen LogP contribution in [0.15, 0.2) is 54.6 Å². The summed E-state index contributed by atoms with van der Waals surface area (Å²) in [6, 6.07) is 14.5. The van der Waals surface area contributed by atoms with Gasteiger partial charge in [0, 0.05) is 6.42 Å². The monoisotopic (exact) mass is 244 g/mol. The van der Waals surface area contributed by atoms with Crippen LogP contribution < -0.4 is 0 Å². The van der Waals surface area contributed by atoms with E-state index < -0.39 is 6.10 Å². The summed E-state index contributed by atoms with van der Waals surface area (Å²) >= 11 is 0. The molecule has 92 valence electrons. The Hall–Kier alpha value is -2.00. The van der Waals surface area contributed by atoms with Gasteiger partial charge < -0.3 is 5.11 Å². The summed E-state index contributed by atoms with van der Waals surface area (Å²) in [6.45, 7) is 0. The van der Waals surface area contributed by atoms with E-state index in [9.17, 15) is 14.3 Å². The highest BCUT2D eigenvalue weighted by atomic mass is 19.1. The number of rotatable bonds is 4. The van der Waals surface area contributed by atoms with Crippen LogP contribution in [0.25, 0.3) is 0 Å². The molecule has 0 aliphatic rings. The number of Topliss-reactive ketones (excluding diaryl/α,β-unsaturated/α-hetero) is 1. The van der Waals surface area contributed by atoms with E-state index in [1.807, 2.05) is 6.07 Å². The van der Waals surface area contributed by atoms with E-state index in [4.69, 9.17) is 0 Å². The third kappa shape index (κ3) is 3.02. The first-order valence-electron chi connectivity index (χ1n) is 5.67. The lowest BCUT2D eigenvalue weighted by Gasteiger charge is -2.09. The summed E-state index contributed by atoms with van der Waals surface area (Å²) < 4.78 is 13.0. The molecule has 2 rings (SSSR count). The maximum atomic E-state index is 13.0. The number of hydrogen-bond acceptors (Lipinski definition) is 2. The van der Waals surface area contributed by atoms with E-state index in [2.05, 4.69) is 0 Å². The molecule has 0 aliphatic heterocycles. The molecule has 18 heavy (non-hydrogen) atoms. The fourth-order valence-electron chi connectivity index (χ4n) is 1.77. The zero-order valence-electron chi connectivity index (χ0n) is 9.71. The molecule has 0 bridgehead atoms. The highest BCUT2D eigenvalue weighted by Crippen LogP contribution is 2.16. The van der Waals surface area contributed by atoms with Crippen molar-refractivity contribution in [2.24, 2.45) is 0 Å².